The van der Waals surface area contributed by atoms with Gasteiger partial charge in [-0.05, 0) is 24.5 Å². The van der Waals surface area contributed by atoms with Crippen LogP contribution in [0.15, 0.2) is 24.3 Å². The quantitative estimate of drug-likeness (QED) is 0.524. The van der Waals surface area contributed by atoms with Crippen LogP contribution >= 0.6 is 9.90 Å². The molecular weight excluding hydrogens is 227 g/mol. The average molecular weight is 254 g/mol. The molecule has 17 heavy (non-hydrogen) atoms. The number of phenolic OH excluding ortho intramolecular Hbond substituents is 1. The molecule has 1 rings (SSSR count). The van der Waals surface area contributed by atoms with Gasteiger partial charge in [-0.15, -0.1) is 0 Å². The molecule has 1 unspecified atom stereocenters. The van der Waals surface area contributed by atoms with Crippen LogP contribution in [0.4, 0.5) is 0 Å². The maximum atomic E-state index is 9.58. The molecular formula is C15H27OP. The van der Waals surface area contributed by atoms with E-state index in [4.69, 9.17) is 0 Å². The van der Waals surface area contributed by atoms with Crippen LogP contribution < -0.4 is 0 Å². The van der Waals surface area contributed by atoms with E-state index in [0.29, 0.717) is 5.75 Å². The van der Waals surface area contributed by atoms with E-state index in [1.807, 2.05) is 18.2 Å². The van der Waals surface area contributed by atoms with Crippen LogP contribution in [0, 0.1) is 0 Å². The van der Waals surface area contributed by atoms with Gasteiger partial charge in [0.2, 0.25) is 0 Å². The van der Waals surface area contributed by atoms with Crippen molar-refractivity contribution in [2.75, 3.05) is 0 Å². The lowest BCUT2D eigenvalue weighted by atomic mass is 10.0. The fraction of sp³-hybridized carbons (Fsp3) is 0.600. The molecule has 2 heteroatoms. The highest BCUT2D eigenvalue weighted by molar-refractivity contribution is 6.92. The van der Waals surface area contributed by atoms with Gasteiger partial charge in [-0.3, -0.25) is 0 Å². The zero-order chi connectivity index (χ0) is 11.6. The molecule has 0 bridgehead atoms. The van der Waals surface area contributed by atoms with E-state index in [-0.39, 0.29) is 9.90 Å². The van der Waals surface area contributed by atoms with Crippen LogP contribution in [-0.4, -0.2) is 5.11 Å². The first-order valence-electron chi connectivity index (χ1n) is 6.61. The number of para-hydroxylation sites is 1. The molecule has 0 spiro atoms. The molecule has 1 nitrogen and oxygen atoms in total. The number of rotatable bonds is 8. The molecule has 0 fully saturated rings. The first kappa shape index (κ1) is 16.4. The third kappa shape index (κ3) is 7.39. The third-order valence-electron chi connectivity index (χ3n) is 3.04. The summed E-state index contributed by atoms with van der Waals surface area (Å²) in [6, 6.07) is 7.67. The van der Waals surface area contributed by atoms with Crippen LogP contribution in [0.25, 0.3) is 0 Å². The standard InChI is InChI=1S/C15H24O.H3P/c1-2-3-4-5-6-7-8-11-14-12-9-10-13-15(14)16;/h9-10,12-13,16H,2-8,11H2,1H3;1H3. The van der Waals surface area contributed by atoms with Gasteiger partial charge in [0.25, 0.3) is 0 Å². The largest absolute Gasteiger partial charge is 0.508 e. The topological polar surface area (TPSA) is 20.2 Å². The van der Waals surface area contributed by atoms with Crippen LogP contribution in [0.3, 0.4) is 0 Å². The molecule has 0 amide bonds. The lowest BCUT2D eigenvalue weighted by molar-refractivity contribution is 0.466. The Bertz CT molecular complexity index is 286. The summed E-state index contributed by atoms with van der Waals surface area (Å²) in [5.41, 5.74) is 1.09. The zero-order valence-electron chi connectivity index (χ0n) is 11.1. The summed E-state index contributed by atoms with van der Waals surface area (Å²) in [5, 5.41) is 9.58. The van der Waals surface area contributed by atoms with Crippen molar-refractivity contribution < 1.29 is 5.11 Å². The van der Waals surface area contributed by atoms with Gasteiger partial charge in [-0.25, -0.2) is 0 Å². The minimum Gasteiger partial charge on any atom is -0.508 e. The van der Waals surface area contributed by atoms with Crippen molar-refractivity contribution >= 4 is 9.90 Å². The van der Waals surface area contributed by atoms with E-state index in [0.717, 1.165) is 12.0 Å². The van der Waals surface area contributed by atoms with E-state index >= 15 is 0 Å². The minimum atomic E-state index is 0. The molecule has 0 heterocycles. The van der Waals surface area contributed by atoms with E-state index < -0.39 is 0 Å². The summed E-state index contributed by atoms with van der Waals surface area (Å²) in [6.07, 6.45) is 10.3. The predicted octanol–water partition coefficient (Wildman–Crippen LogP) is 4.74. The fourth-order valence-corrected chi connectivity index (χ4v) is 1.99. The van der Waals surface area contributed by atoms with Crippen molar-refractivity contribution in [1.82, 2.24) is 0 Å². The van der Waals surface area contributed by atoms with Crippen LogP contribution in [-0.2, 0) is 6.42 Å². The van der Waals surface area contributed by atoms with E-state index in [9.17, 15) is 5.11 Å². The van der Waals surface area contributed by atoms with Gasteiger partial charge in [0.1, 0.15) is 5.75 Å². The smallest absolute Gasteiger partial charge is 0.118 e. The highest BCUT2D eigenvalue weighted by Crippen LogP contribution is 2.18. The van der Waals surface area contributed by atoms with Crippen LogP contribution in [0.2, 0.25) is 0 Å². The molecule has 1 aromatic rings. The summed E-state index contributed by atoms with van der Waals surface area (Å²) in [4.78, 5) is 0. The Labute approximate surface area is 109 Å². The number of aromatic hydroxyl groups is 1. The second kappa shape index (κ2) is 10.6. The molecule has 98 valence electrons. The Morgan fingerprint density at radius 2 is 1.47 bits per heavy atom. The molecule has 0 saturated heterocycles. The minimum absolute atomic E-state index is 0. The molecule has 0 aliphatic rings. The van der Waals surface area contributed by atoms with Gasteiger partial charge in [0.15, 0.2) is 0 Å². The van der Waals surface area contributed by atoms with Crippen molar-refractivity contribution in [3.05, 3.63) is 29.8 Å². The Morgan fingerprint density at radius 3 is 2.12 bits per heavy atom. The van der Waals surface area contributed by atoms with Gasteiger partial charge >= 0.3 is 0 Å². The average Bonchev–Trinajstić information content (AvgIpc) is 2.30. The molecule has 0 radical (unpaired) electrons. The van der Waals surface area contributed by atoms with Gasteiger partial charge in [0.05, 0.1) is 0 Å². The lowest BCUT2D eigenvalue weighted by Gasteiger charge is -2.04. The number of hydrogen-bond donors (Lipinski definition) is 1. The van der Waals surface area contributed by atoms with E-state index in [2.05, 4.69) is 6.92 Å². The molecule has 0 aliphatic heterocycles. The normalized spacial score (nSPS) is 9.94. The van der Waals surface area contributed by atoms with Gasteiger partial charge < -0.3 is 5.11 Å². The highest BCUT2D eigenvalue weighted by atomic mass is 31.0. The summed E-state index contributed by atoms with van der Waals surface area (Å²) in [5.74, 6) is 0.452. The fourth-order valence-electron chi connectivity index (χ4n) is 1.99. The van der Waals surface area contributed by atoms with Gasteiger partial charge in [-0.2, -0.15) is 9.90 Å². The molecule has 0 aromatic heterocycles. The number of unbranched alkanes of at least 4 members (excludes halogenated alkanes) is 6. The first-order chi connectivity index (χ1) is 7.84. The highest BCUT2D eigenvalue weighted by Gasteiger charge is 1.98. The second-order valence-electron chi connectivity index (χ2n) is 4.50. The van der Waals surface area contributed by atoms with Gasteiger partial charge in [0, 0.05) is 0 Å². The van der Waals surface area contributed by atoms with Crippen molar-refractivity contribution in [2.24, 2.45) is 0 Å². The van der Waals surface area contributed by atoms with E-state index in [1.54, 1.807) is 6.07 Å². The number of aryl methyl sites for hydroxylation is 1. The second-order valence-corrected chi connectivity index (χ2v) is 4.50. The Kier molecular flexibility index (Phi) is 10.3. The molecule has 0 aliphatic carbocycles. The summed E-state index contributed by atoms with van der Waals surface area (Å²) < 4.78 is 0. The monoisotopic (exact) mass is 254 g/mol. The van der Waals surface area contributed by atoms with Crippen molar-refractivity contribution in [1.29, 1.82) is 0 Å². The SMILES string of the molecule is CCCCCCCCCc1ccccc1O.P. The van der Waals surface area contributed by atoms with Gasteiger partial charge in [-0.1, -0.05) is 63.6 Å². The van der Waals surface area contributed by atoms with E-state index in [1.165, 1.54) is 44.9 Å². The Balaban J connectivity index is 0.00000256. The molecule has 1 atom stereocenters. The summed E-state index contributed by atoms with van der Waals surface area (Å²) >= 11 is 0. The molecule has 0 saturated carbocycles. The lowest BCUT2D eigenvalue weighted by Crippen LogP contribution is -1.87. The third-order valence-corrected chi connectivity index (χ3v) is 3.04. The summed E-state index contributed by atoms with van der Waals surface area (Å²) in [6.45, 7) is 2.25. The van der Waals surface area contributed by atoms with Crippen molar-refractivity contribution in [2.45, 2.75) is 58.3 Å². The molecule has 1 aromatic carbocycles. The Morgan fingerprint density at radius 1 is 0.882 bits per heavy atom. The number of hydrogen-bond acceptors (Lipinski definition) is 1. The summed E-state index contributed by atoms with van der Waals surface area (Å²) in [7, 11) is 0. The number of benzene rings is 1. The van der Waals surface area contributed by atoms with Crippen molar-refractivity contribution in [3.8, 4) is 5.75 Å². The van der Waals surface area contributed by atoms with Crippen LogP contribution in [0.5, 0.6) is 5.75 Å². The predicted molar refractivity (Wildman–Crippen MR) is 80.9 cm³/mol. The number of phenols is 1. The maximum absolute atomic E-state index is 9.58. The zero-order valence-corrected chi connectivity index (χ0v) is 12.5. The Hall–Kier alpha value is -0.550. The molecule has 1 N–H and O–H groups in total. The van der Waals surface area contributed by atoms with Crippen molar-refractivity contribution in [3.63, 3.8) is 0 Å². The maximum Gasteiger partial charge on any atom is 0.118 e. The van der Waals surface area contributed by atoms with Crippen LogP contribution in [0.1, 0.15) is 57.4 Å². The first-order valence-corrected chi connectivity index (χ1v) is 6.61.